The number of nitrogens with zero attached hydrogens (tertiary/aromatic N) is 3. The molecule has 0 aliphatic heterocycles. The Kier molecular flexibility index (Phi) is 4.61. The van der Waals surface area contributed by atoms with Crippen molar-refractivity contribution < 1.29 is 9.32 Å². The molecule has 0 unspecified atom stereocenters. The predicted molar refractivity (Wildman–Crippen MR) is 113 cm³/mol. The van der Waals surface area contributed by atoms with Crippen LogP contribution in [0.1, 0.15) is 16.2 Å². The summed E-state index contributed by atoms with van der Waals surface area (Å²) < 4.78 is 7.16. The molecule has 2 aromatic carbocycles. The first-order chi connectivity index (χ1) is 14.8. The van der Waals surface area contributed by atoms with Gasteiger partial charge in [0.25, 0.3) is 0 Å². The zero-order valence-electron chi connectivity index (χ0n) is 16.1. The zero-order chi connectivity index (χ0) is 20.3. The smallest absolute Gasteiger partial charge is 0.316 e. The lowest BCUT2D eigenvalue weighted by atomic mass is 10.1. The number of nitrogens with one attached hydrogen (secondary N) is 2. The molecule has 0 bridgehead atoms. The van der Waals surface area contributed by atoms with E-state index in [-0.39, 0.29) is 11.8 Å². The highest BCUT2D eigenvalue weighted by Crippen LogP contribution is 2.19. The number of amides is 1. The number of H-pyrrole nitrogens is 1. The average Bonchev–Trinajstić information content (AvgIpc) is 3.55. The molecule has 3 aromatic heterocycles. The maximum absolute atomic E-state index is 12.4. The van der Waals surface area contributed by atoms with E-state index in [0.717, 1.165) is 27.7 Å². The maximum Gasteiger partial charge on any atom is 0.316 e. The Morgan fingerprint density at radius 3 is 2.67 bits per heavy atom. The lowest BCUT2D eigenvalue weighted by Crippen LogP contribution is -2.25. The fraction of sp³-hybridized carbons (Fsp3) is 0.0870. The molecule has 148 valence electrons. The van der Waals surface area contributed by atoms with Crippen LogP contribution in [0, 0.1) is 0 Å². The number of carbonyl (C=O) groups is 1. The molecule has 30 heavy (non-hydrogen) atoms. The number of aromatic nitrogens is 4. The van der Waals surface area contributed by atoms with Crippen molar-refractivity contribution in [2.45, 2.75) is 6.42 Å². The monoisotopic (exact) mass is 397 g/mol. The first-order valence-corrected chi connectivity index (χ1v) is 9.68. The van der Waals surface area contributed by atoms with Gasteiger partial charge in [0.15, 0.2) is 0 Å². The summed E-state index contributed by atoms with van der Waals surface area (Å²) in [6, 6.07) is 19.8. The highest BCUT2D eigenvalue weighted by molar-refractivity contribution is 5.90. The van der Waals surface area contributed by atoms with Crippen molar-refractivity contribution in [2.24, 2.45) is 0 Å². The highest BCUT2D eigenvalue weighted by atomic mass is 16.5. The molecule has 0 fully saturated rings. The Morgan fingerprint density at radius 1 is 1.03 bits per heavy atom. The Hall–Kier alpha value is -4.13. The molecule has 0 radical (unpaired) electrons. The summed E-state index contributed by atoms with van der Waals surface area (Å²) in [7, 11) is 0. The molecule has 0 atom stereocenters. The maximum atomic E-state index is 12.4. The summed E-state index contributed by atoms with van der Waals surface area (Å²) in [5, 5.41) is 7.94. The van der Waals surface area contributed by atoms with E-state index in [0.29, 0.717) is 18.8 Å². The Bertz CT molecular complexity index is 1280. The van der Waals surface area contributed by atoms with Gasteiger partial charge in [-0.25, -0.2) is 0 Å². The molecule has 1 amide bonds. The van der Waals surface area contributed by atoms with E-state index in [1.54, 1.807) is 0 Å². The van der Waals surface area contributed by atoms with E-state index in [2.05, 4.69) is 26.5 Å². The molecule has 5 rings (SSSR count). The van der Waals surface area contributed by atoms with Crippen LogP contribution in [0.25, 0.3) is 28.0 Å². The van der Waals surface area contributed by atoms with Gasteiger partial charge in [-0.1, -0.05) is 23.4 Å². The molecule has 7 nitrogen and oxygen atoms in total. The molecular weight excluding hydrogens is 378 g/mol. The minimum Gasteiger partial charge on any atom is -0.361 e. The lowest BCUT2D eigenvalue weighted by Gasteiger charge is -2.03. The van der Waals surface area contributed by atoms with E-state index in [9.17, 15) is 4.79 Å². The summed E-state index contributed by atoms with van der Waals surface area (Å²) in [4.78, 5) is 19.8. The van der Waals surface area contributed by atoms with E-state index < -0.39 is 0 Å². The lowest BCUT2D eigenvalue weighted by molar-refractivity contribution is 0.0910. The Morgan fingerprint density at radius 2 is 1.83 bits per heavy atom. The number of rotatable bonds is 6. The van der Waals surface area contributed by atoms with Crippen LogP contribution in [0.3, 0.4) is 0 Å². The SMILES string of the molecule is O=C(NCCc1c[nH]c2ccccc12)c1nc(-c2ccc(-n3cccc3)cc2)no1. The quantitative estimate of drug-likeness (QED) is 0.454. The fourth-order valence-electron chi connectivity index (χ4n) is 3.45. The van der Waals surface area contributed by atoms with Crippen LogP contribution in [0.2, 0.25) is 0 Å². The van der Waals surface area contributed by atoms with Crippen molar-refractivity contribution in [3.8, 4) is 17.1 Å². The van der Waals surface area contributed by atoms with Gasteiger partial charge in [0.2, 0.25) is 5.82 Å². The average molecular weight is 397 g/mol. The van der Waals surface area contributed by atoms with Crippen LogP contribution in [-0.2, 0) is 6.42 Å². The van der Waals surface area contributed by atoms with Crippen molar-refractivity contribution in [2.75, 3.05) is 6.54 Å². The van der Waals surface area contributed by atoms with Crippen molar-refractivity contribution in [1.29, 1.82) is 0 Å². The summed E-state index contributed by atoms with van der Waals surface area (Å²) in [5.74, 6) is -0.0354. The largest absolute Gasteiger partial charge is 0.361 e. The first-order valence-electron chi connectivity index (χ1n) is 9.68. The normalized spacial score (nSPS) is 11.1. The molecule has 0 spiro atoms. The molecule has 5 aromatic rings. The molecule has 2 N–H and O–H groups in total. The van der Waals surface area contributed by atoms with Crippen LogP contribution in [0.4, 0.5) is 0 Å². The van der Waals surface area contributed by atoms with Crippen LogP contribution >= 0.6 is 0 Å². The molecular formula is C23H19N5O2. The van der Waals surface area contributed by atoms with Crippen molar-refractivity contribution in [3.63, 3.8) is 0 Å². The predicted octanol–water partition coefficient (Wildman–Crippen LogP) is 3.98. The van der Waals surface area contributed by atoms with Crippen LogP contribution in [-0.4, -0.2) is 32.1 Å². The van der Waals surface area contributed by atoms with E-state index in [4.69, 9.17) is 4.52 Å². The first kappa shape index (κ1) is 17.9. The van der Waals surface area contributed by atoms with E-state index in [1.165, 1.54) is 0 Å². The summed E-state index contributed by atoms with van der Waals surface area (Å²) >= 11 is 0. The molecule has 0 saturated carbocycles. The fourth-order valence-corrected chi connectivity index (χ4v) is 3.45. The van der Waals surface area contributed by atoms with Gasteiger partial charge in [-0.2, -0.15) is 4.98 Å². The van der Waals surface area contributed by atoms with Crippen LogP contribution in [0.15, 0.2) is 83.8 Å². The second kappa shape index (κ2) is 7.71. The standard InChI is InChI=1S/C23H19N5O2/c29-22(24-12-11-17-15-25-20-6-2-1-5-19(17)20)23-26-21(27-30-23)16-7-9-18(10-8-16)28-13-3-4-14-28/h1-10,13-15,25H,11-12H2,(H,24,29). The van der Waals surface area contributed by atoms with Gasteiger partial charge < -0.3 is 19.4 Å². The van der Waals surface area contributed by atoms with Crippen molar-refractivity contribution in [1.82, 2.24) is 25.0 Å². The van der Waals surface area contributed by atoms with Gasteiger partial charge >= 0.3 is 11.8 Å². The third kappa shape index (κ3) is 3.48. The van der Waals surface area contributed by atoms with E-state index >= 15 is 0 Å². The van der Waals surface area contributed by atoms with Gasteiger partial charge in [-0.15, -0.1) is 0 Å². The third-order valence-corrected chi connectivity index (χ3v) is 5.00. The molecule has 0 saturated heterocycles. The highest BCUT2D eigenvalue weighted by Gasteiger charge is 2.16. The number of hydrogen-bond acceptors (Lipinski definition) is 4. The Labute approximate surface area is 172 Å². The van der Waals surface area contributed by atoms with Crippen molar-refractivity contribution >= 4 is 16.8 Å². The third-order valence-electron chi connectivity index (χ3n) is 5.00. The topological polar surface area (TPSA) is 88.7 Å². The second-order valence-electron chi connectivity index (χ2n) is 6.93. The van der Waals surface area contributed by atoms with Gasteiger partial charge in [0.1, 0.15) is 0 Å². The van der Waals surface area contributed by atoms with Crippen molar-refractivity contribution in [3.05, 3.63) is 90.7 Å². The molecule has 0 aliphatic carbocycles. The molecule has 3 heterocycles. The Balaban J connectivity index is 1.22. The number of benzene rings is 2. The number of carbonyl (C=O) groups excluding carboxylic acids is 1. The number of para-hydroxylation sites is 1. The van der Waals surface area contributed by atoms with Gasteiger partial charge in [-0.3, -0.25) is 4.79 Å². The molecule has 7 heteroatoms. The van der Waals surface area contributed by atoms with Gasteiger partial charge in [0.05, 0.1) is 0 Å². The number of hydrogen-bond donors (Lipinski definition) is 2. The van der Waals surface area contributed by atoms with Gasteiger partial charge in [-0.05, 0) is 54.4 Å². The second-order valence-corrected chi connectivity index (χ2v) is 6.93. The zero-order valence-corrected chi connectivity index (χ0v) is 16.1. The minimum atomic E-state index is -0.377. The van der Waals surface area contributed by atoms with Gasteiger partial charge in [0, 0.05) is 47.3 Å². The van der Waals surface area contributed by atoms with Crippen LogP contribution < -0.4 is 5.32 Å². The summed E-state index contributed by atoms with van der Waals surface area (Å²) in [5.41, 5.74) is 4.05. The van der Waals surface area contributed by atoms with Crippen LogP contribution in [0.5, 0.6) is 0 Å². The molecule has 0 aliphatic rings. The number of aromatic amines is 1. The summed E-state index contributed by atoms with van der Waals surface area (Å²) in [6.45, 7) is 0.476. The summed E-state index contributed by atoms with van der Waals surface area (Å²) in [6.07, 6.45) is 6.63. The number of fused-ring (bicyclic) bond motifs is 1. The van der Waals surface area contributed by atoms with E-state index in [1.807, 2.05) is 77.8 Å². The minimum absolute atomic E-state index is 0.0431.